The summed E-state index contributed by atoms with van der Waals surface area (Å²) in [7, 11) is 0. The smallest absolute Gasteiger partial charge is 0.366 e. The molecule has 0 fully saturated rings. The van der Waals surface area contributed by atoms with E-state index in [4.69, 9.17) is 4.74 Å². The molecule has 0 aromatic carbocycles. The number of rotatable bonds is 3. The van der Waals surface area contributed by atoms with Crippen LogP contribution >= 0.6 is 0 Å². The molecule has 0 aliphatic carbocycles. The highest BCUT2D eigenvalue weighted by Crippen LogP contribution is 2.12. The van der Waals surface area contributed by atoms with Crippen molar-refractivity contribution >= 4 is 5.91 Å². The first-order chi connectivity index (χ1) is 6.10. The van der Waals surface area contributed by atoms with Gasteiger partial charge < -0.3 is 10.1 Å². The Morgan fingerprint density at radius 1 is 1.29 bits per heavy atom. The molecule has 0 saturated carbocycles. The number of hydrogen-bond donors (Lipinski definition) is 1. The first-order valence-electron chi connectivity index (χ1n) is 4.07. The number of nitrogens with one attached hydrogen (secondary N) is 1. The van der Waals surface area contributed by atoms with E-state index in [1.54, 1.807) is 26.1 Å². The van der Waals surface area contributed by atoms with E-state index in [2.05, 4.69) is 0 Å². The molecule has 1 N–H and O–H groups in total. The highest BCUT2D eigenvalue weighted by Gasteiger charge is 2.27. The summed E-state index contributed by atoms with van der Waals surface area (Å²) in [5.74, 6) is -0.766. The van der Waals surface area contributed by atoms with Crippen LogP contribution in [0.4, 0.5) is 13.2 Å². The van der Waals surface area contributed by atoms with Crippen LogP contribution in [-0.4, -0.2) is 30.8 Å². The molecule has 0 atom stereocenters. The molecule has 0 unspecified atom stereocenters. The second-order valence-corrected chi connectivity index (χ2v) is 3.79. The van der Waals surface area contributed by atoms with Crippen molar-refractivity contribution < 1.29 is 22.7 Å². The molecule has 0 heterocycles. The second-order valence-electron chi connectivity index (χ2n) is 3.79. The third kappa shape index (κ3) is 9.31. The van der Waals surface area contributed by atoms with E-state index < -0.39 is 24.2 Å². The third-order valence-corrected chi connectivity index (χ3v) is 1.12. The van der Waals surface area contributed by atoms with Crippen LogP contribution in [0.2, 0.25) is 0 Å². The van der Waals surface area contributed by atoms with Gasteiger partial charge in [-0.05, 0) is 20.8 Å². The number of carbonyl (C=O) groups is 1. The van der Waals surface area contributed by atoms with Gasteiger partial charge in [0, 0.05) is 0 Å². The van der Waals surface area contributed by atoms with Gasteiger partial charge in [-0.1, -0.05) is 0 Å². The molecule has 0 bridgehead atoms. The number of halogens is 3. The number of alkyl halides is 3. The maximum absolute atomic E-state index is 11.6. The summed E-state index contributed by atoms with van der Waals surface area (Å²) in [5.41, 5.74) is -0.532. The number of carbonyl (C=O) groups excluding carboxylic acids is 1. The fourth-order valence-electron chi connectivity index (χ4n) is 0.532. The lowest BCUT2D eigenvalue weighted by Gasteiger charge is -2.19. The Hall–Kier alpha value is -0.780. The van der Waals surface area contributed by atoms with Crippen LogP contribution in [-0.2, 0) is 9.53 Å². The predicted octanol–water partition coefficient (Wildman–Crippen LogP) is 1.48. The molecule has 0 saturated heterocycles. The second kappa shape index (κ2) is 4.63. The van der Waals surface area contributed by atoms with Crippen molar-refractivity contribution in [1.82, 2.24) is 5.32 Å². The summed E-state index contributed by atoms with van der Waals surface area (Å²) in [5, 5.41) is 1.71. The first-order valence-corrected chi connectivity index (χ1v) is 4.07. The maximum Gasteiger partial charge on any atom is 0.405 e. The molecule has 14 heavy (non-hydrogen) atoms. The van der Waals surface area contributed by atoms with Crippen LogP contribution in [0.15, 0.2) is 0 Å². The van der Waals surface area contributed by atoms with Gasteiger partial charge in [0.25, 0.3) is 0 Å². The lowest BCUT2D eigenvalue weighted by Crippen LogP contribution is -2.37. The Morgan fingerprint density at radius 3 is 2.14 bits per heavy atom. The summed E-state index contributed by atoms with van der Waals surface area (Å²) in [6, 6.07) is 0. The van der Waals surface area contributed by atoms with Crippen molar-refractivity contribution in [2.24, 2.45) is 0 Å². The zero-order valence-electron chi connectivity index (χ0n) is 8.36. The van der Waals surface area contributed by atoms with Gasteiger partial charge >= 0.3 is 6.18 Å². The van der Waals surface area contributed by atoms with E-state index in [1.807, 2.05) is 0 Å². The Morgan fingerprint density at radius 2 is 1.79 bits per heavy atom. The molecule has 3 nitrogen and oxygen atoms in total. The molecule has 0 aromatic heterocycles. The molecule has 84 valence electrons. The number of hydrogen-bond acceptors (Lipinski definition) is 2. The topological polar surface area (TPSA) is 38.3 Å². The summed E-state index contributed by atoms with van der Waals surface area (Å²) >= 11 is 0. The molecule has 0 aliphatic heterocycles. The van der Waals surface area contributed by atoms with Gasteiger partial charge in [-0.2, -0.15) is 13.2 Å². The third-order valence-electron chi connectivity index (χ3n) is 1.12. The molecular weight excluding hydrogens is 199 g/mol. The van der Waals surface area contributed by atoms with Crippen molar-refractivity contribution in [3.63, 3.8) is 0 Å². The van der Waals surface area contributed by atoms with Crippen molar-refractivity contribution in [3.8, 4) is 0 Å². The minimum atomic E-state index is -4.38. The van der Waals surface area contributed by atoms with E-state index >= 15 is 0 Å². The van der Waals surface area contributed by atoms with Crippen LogP contribution in [0.25, 0.3) is 0 Å². The maximum atomic E-state index is 11.6. The molecular formula is C8H14F3NO2. The Balaban J connectivity index is 3.68. The monoisotopic (exact) mass is 213 g/mol. The van der Waals surface area contributed by atoms with Gasteiger partial charge in [0.05, 0.1) is 5.60 Å². The van der Waals surface area contributed by atoms with E-state index in [-0.39, 0.29) is 6.61 Å². The van der Waals surface area contributed by atoms with E-state index in [0.29, 0.717) is 0 Å². The zero-order valence-corrected chi connectivity index (χ0v) is 8.36. The Kier molecular flexibility index (Phi) is 4.38. The lowest BCUT2D eigenvalue weighted by atomic mass is 10.2. The predicted molar refractivity (Wildman–Crippen MR) is 44.8 cm³/mol. The lowest BCUT2D eigenvalue weighted by molar-refractivity contribution is -0.143. The van der Waals surface area contributed by atoms with E-state index in [9.17, 15) is 18.0 Å². The summed E-state index contributed by atoms with van der Waals surface area (Å²) in [6.45, 7) is 3.46. The minimum Gasteiger partial charge on any atom is -0.366 e. The standard InChI is InChI=1S/C8H14F3NO2/c1-7(2,3)14-4-6(13)12-5-8(9,10)11/h4-5H2,1-3H3,(H,12,13). The average Bonchev–Trinajstić information content (AvgIpc) is 1.94. The Labute approximate surface area is 80.6 Å². The normalized spacial score (nSPS) is 12.7. The molecule has 1 amide bonds. The van der Waals surface area contributed by atoms with Crippen LogP contribution in [0.3, 0.4) is 0 Å². The van der Waals surface area contributed by atoms with Crippen LogP contribution in [0.1, 0.15) is 20.8 Å². The summed E-state index contributed by atoms with van der Waals surface area (Å²) < 4.78 is 39.9. The molecule has 0 rings (SSSR count). The van der Waals surface area contributed by atoms with Crippen LogP contribution < -0.4 is 5.32 Å². The number of amides is 1. The van der Waals surface area contributed by atoms with Gasteiger partial charge in [0.1, 0.15) is 13.2 Å². The average molecular weight is 213 g/mol. The quantitative estimate of drug-likeness (QED) is 0.771. The summed E-state index contributed by atoms with van der Waals surface area (Å²) in [6.07, 6.45) is -4.38. The largest absolute Gasteiger partial charge is 0.405 e. The van der Waals surface area contributed by atoms with Crippen LogP contribution in [0, 0.1) is 0 Å². The SMILES string of the molecule is CC(C)(C)OCC(=O)NCC(F)(F)F. The van der Waals surface area contributed by atoms with Crippen molar-refractivity contribution in [3.05, 3.63) is 0 Å². The van der Waals surface area contributed by atoms with Crippen molar-refractivity contribution in [1.29, 1.82) is 0 Å². The molecule has 0 spiro atoms. The minimum absolute atomic E-state index is 0.362. The molecule has 0 aliphatic rings. The fourth-order valence-corrected chi connectivity index (χ4v) is 0.532. The molecule has 0 aromatic rings. The van der Waals surface area contributed by atoms with Crippen molar-refractivity contribution in [2.45, 2.75) is 32.5 Å². The van der Waals surface area contributed by atoms with Crippen LogP contribution in [0.5, 0.6) is 0 Å². The zero-order chi connectivity index (χ0) is 11.4. The van der Waals surface area contributed by atoms with Gasteiger partial charge in [0.2, 0.25) is 5.91 Å². The molecule has 0 radical (unpaired) electrons. The Bertz CT molecular complexity index is 176. The van der Waals surface area contributed by atoms with Gasteiger partial charge in [-0.25, -0.2) is 0 Å². The summed E-state index contributed by atoms with van der Waals surface area (Å²) in [4.78, 5) is 10.8. The first kappa shape index (κ1) is 13.2. The van der Waals surface area contributed by atoms with E-state index in [1.165, 1.54) is 0 Å². The number of ether oxygens (including phenoxy) is 1. The highest BCUT2D eigenvalue weighted by atomic mass is 19.4. The van der Waals surface area contributed by atoms with Gasteiger partial charge in [-0.3, -0.25) is 4.79 Å². The molecule has 6 heteroatoms. The van der Waals surface area contributed by atoms with Gasteiger partial charge in [0.15, 0.2) is 0 Å². The fraction of sp³-hybridized carbons (Fsp3) is 0.875. The van der Waals surface area contributed by atoms with Gasteiger partial charge in [-0.15, -0.1) is 0 Å². The van der Waals surface area contributed by atoms with Crippen molar-refractivity contribution in [2.75, 3.05) is 13.2 Å². The highest BCUT2D eigenvalue weighted by molar-refractivity contribution is 5.77. The van der Waals surface area contributed by atoms with E-state index in [0.717, 1.165) is 0 Å².